The minimum absolute atomic E-state index is 0.0748. The second-order valence-corrected chi connectivity index (χ2v) is 8.95. The van der Waals surface area contributed by atoms with Gasteiger partial charge in [0, 0.05) is 24.3 Å². The number of halogens is 2. The normalized spacial score (nSPS) is 16.4. The van der Waals surface area contributed by atoms with Crippen molar-refractivity contribution in [3.05, 3.63) is 70.7 Å². The maximum atomic E-state index is 14.6. The van der Waals surface area contributed by atoms with E-state index in [-0.39, 0.29) is 24.3 Å². The summed E-state index contributed by atoms with van der Waals surface area (Å²) in [7, 11) is 0. The van der Waals surface area contributed by atoms with E-state index in [9.17, 15) is 9.50 Å². The van der Waals surface area contributed by atoms with E-state index in [0.29, 0.717) is 33.8 Å². The fourth-order valence-electron chi connectivity index (χ4n) is 3.47. The number of aromatic nitrogens is 3. The monoisotopic (exact) mass is 485 g/mol. The Morgan fingerprint density at radius 2 is 2.03 bits per heavy atom. The largest absolute Gasteiger partial charge is 0.471 e. The van der Waals surface area contributed by atoms with Crippen LogP contribution in [0.15, 0.2) is 51.8 Å². The first-order valence-corrected chi connectivity index (χ1v) is 11.0. The summed E-state index contributed by atoms with van der Waals surface area (Å²) in [6.07, 6.45) is 4.15. The highest BCUT2D eigenvalue weighted by atomic mass is 35.5. The number of hydrogen-bond donors (Lipinski definition) is 1. The number of anilines is 1. The quantitative estimate of drug-likeness (QED) is 0.534. The Morgan fingerprint density at radius 3 is 2.71 bits per heavy atom. The Hall–Kier alpha value is -3.30. The van der Waals surface area contributed by atoms with Crippen LogP contribution in [-0.4, -0.2) is 32.1 Å². The third kappa shape index (κ3) is 4.95. The van der Waals surface area contributed by atoms with E-state index in [1.54, 1.807) is 45.2 Å². The van der Waals surface area contributed by atoms with Crippen molar-refractivity contribution in [2.75, 3.05) is 4.90 Å². The van der Waals surface area contributed by atoms with Crippen molar-refractivity contribution in [3.8, 4) is 11.3 Å². The number of hydrogen-bond acceptors (Lipinski definition) is 8. The standard InChI is InChI=1S/C24H25ClFN5O3/c1-13-10-31(14(2)28-22(13)34-12-17-11-33-15(3)29-17)20-8-16(6-7-18(20)25)21-19(26)9-27-23(30-21)24(4,5)32/h6-11,14,32H,12H2,1-5H3. The highest BCUT2D eigenvalue weighted by Gasteiger charge is 2.25. The Kier molecular flexibility index (Phi) is 6.42. The van der Waals surface area contributed by atoms with Crippen LogP contribution in [0.2, 0.25) is 5.02 Å². The van der Waals surface area contributed by atoms with Gasteiger partial charge in [0.1, 0.15) is 36.0 Å². The van der Waals surface area contributed by atoms with Crippen LogP contribution in [0.25, 0.3) is 11.3 Å². The van der Waals surface area contributed by atoms with Crippen molar-refractivity contribution in [3.63, 3.8) is 0 Å². The van der Waals surface area contributed by atoms with Gasteiger partial charge in [0.2, 0.25) is 5.90 Å². The smallest absolute Gasteiger partial charge is 0.215 e. The van der Waals surface area contributed by atoms with E-state index < -0.39 is 11.4 Å². The number of aliphatic imine (C=N–C) groups is 1. The molecule has 34 heavy (non-hydrogen) atoms. The zero-order valence-corrected chi connectivity index (χ0v) is 20.3. The lowest BCUT2D eigenvalue weighted by Crippen LogP contribution is -2.33. The fourth-order valence-corrected chi connectivity index (χ4v) is 3.68. The van der Waals surface area contributed by atoms with Crippen molar-refractivity contribution in [2.45, 2.75) is 53.0 Å². The molecule has 3 heterocycles. The lowest BCUT2D eigenvalue weighted by Gasteiger charge is -2.31. The average molecular weight is 486 g/mol. The molecule has 0 radical (unpaired) electrons. The highest BCUT2D eigenvalue weighted by molar-refractivity contribution is 6.33. The zero-order chi connectivity index (χ0) is 24.6. The van der Waals surface area contributed by atoms with Crippen molar-refractivity contribution in [1.82, 2.24) is 15.0 Å². The molecule has 1 aromatic carbocycles. The van der Waals surface area contributed by atoms with Crippen molar-refractivity contribution in [2.24, 2.45) is 4.99 Å². The predicted octanol–water partition coefficient (Wildman–Crippen LogP) is 5.15. The summed E-state index contributed by atoms with van der Waals surface area (Å²) in [4.78, 5) is 18.9. The second kappa shape index (κ2) is 9.15. The Labute approximate surface area is 201 Å². The zero-order valence-electron chi connectivity index (χ0n) is 19.5. The van der Waals surface area contributed by atoms with Crippen molar-refractivity contribution >= 4 is 23.2 Å². The topological polar surface area (TPSA) is 96.9 Å². The summed E-state index contributed by atoms with van der Waals surface area (Å²) in [5, 5.41) is 10.7. The van der Waals surface area contributed by atoms with E-state index in [1.807, 2.05) is 24.9 Å². The Morgan fingerprint density at radius 1 is 1.26 bits per heavy atom. The molecule has 0 aliphatic carbocycles. The van der Waals surface area contributed by atoms with Crippen LogP contribution < -0.4 is 4.90 Å². The minimum atomic E-state index is -1.31. The molecule has 0 spiro atoms. The summed E-state index contributed by atoms with van der Waals surface area (Å²) in [6.45, 7) is 8.87. The SMILES string of the molecule is CC1=CN(c2cc(-c3nc(C(C)(C)O)ncc3F)ccc2Cl)C(C)N=C1OCc1coc(C)n1. The van der Waals surface area contributed by atoms with Gasteiger partial charge >= 0.3 is 0 Å². The molecule has 0 fully saturated rings. The molecule has 4 rings (SSSR count). The van der Waals surface area contributed by atoms with E-state index in [1.165, 1.54) is 0 Å². The first kappa shape index (κ1) is 23.8. The van der Waals surface area contributed by atoms with Gasteiger partial charge in [-0.15, -0.1) is 0 Å². The van der Waals surface area contributed by atoms with Crippen LogP contribution in [0.3, 0.4) is 0 Å². The molecule has 10 heteroatoms. The summed E-state index contributed by atoms with van der Waals surface area (Å²) in [6, 6.07) is 5.09. The Balaban J connectivity index is 1.62. The molecular formula is C24H25ClFN5O3. The lowest BCUT2D eigenvalue weighted by molar-refractivity contribution is 0.0686. The van der Waals surface area contributed by atoms with Crippen molar-refractivity contribution in [1.29, 1.82) is 0 Å². The maximum absolute atomic E-state index is 14.6. The number of aryl methyl sites for hydroxylation is 1. The molecular weight excluding hydrogens is 461 g/mol. The first-order valence-electron chi connectivity index (χ1n) is 10.7. The predicted molar refractivity (Wildman–Crippen MR) is 127 cm³/mol. The molecule has 1 atom stereocenters. The van der Waals surface area contributed by atoms with Crippen molar-refractivity contribution < 1.29 is 18.7 Å². The van der Waals surface area contributed by atoms with Gasteiger partial charge in [0.05, 0.1) is 16.9 Å². The average Bonchev–Trinajstić information content (AvgIpc) is 3.19. The number of benzene rings is 1. The molecule has 1 aliphatic rings. The minimum Gasteiger partial charge on any atom is -0.471 e. The molecule has 0 bridgehead atoms. The number of rotatable bonds is 5. The summed E-state index contributed by atoms with van der Waals surface area (Å²) in [5.41, 5.74) is 1.35. The van der Waals surface area contributed by atoms with Gasteiger partial charge in [0.25, 0.3) is 0 Å². The second-order valence-electron chi connectivity index (χ2n) is 8.55. The van der Waals surface area contributed by atoms with E-state index in [0.717, 1.165) is 11.8 Å². The van der Waals surface area contributed by atoms with Crippen LogP contribution in [0, 0.1) is 12.7 Å². The van der Waals surface area contributed by atoms with Gasteiger partial charge in [-0.25, -0.2) is 24.3 Å². The number of nitrogens with zero attached hydrogens (tertiary/aromatic N) is 5. The van der Waals surface area contributed by atoms with Crippen LogP contribution in [0.5, 0.6) is 0 Å². The van der Waals surface area contributed by atoms with Gasteiger partial charge in [-0.1, -0.05) is 17.7 Å². The number of oxazole rings is 1. The van der Waals surface area contributed by atoms with Gasteiger partial charge in [-0.2, -0.15) is 0 Å². The highest BCUT2D eigenvalue weighted by Crippen LogP contribution is 2.35. The molecule has 178 valence electrons. The van der Waals surface area contributed by atoms with Crippen LogP contribution in [0.4, 0.5) is 10.1 Å². The third-order valence-corrected chi connectivity index (χ3v) is 5.51. The van der Waals surface area contributed by atoms with E-state index in [2.05, 4.69) is 19.9 Å². The number of ether oxygens (including phenoxy) is 1. The molecule has 0 saturated carbocycles. The van der Waals surface area contributed by atoms with Crippen LogP contribution in [-0.2, 0) is 16.9 Å². The fraction of sp³-hybridized carbons (Fsp3) is 0.333. The third-order valence-electron chi connectivity index (χ3n) is 5.19. The van der Waals surface area contributed by atoms with E-state index in [4.69, 9.17) is 20.8 Å². The molecule has 1 N–H and O–H groups in total. The Bertz CT molecular complexity index is 1280. The van der Waals surface area contributed by atoms with Gasteiger partial charge in [0.15, 0.2) is 17.5 Å². The maximum Gasteiger partial charge on any atom is 0.215 e. The van der Waals surface area contributed by atoms with Crippen LogP contribution in [0.1, 0.15) is 45.1 Å². The van der Waals surface area contributed by atoms with Gasteiger partial charge in [-0.05, 0) is 39.8 Å². The molecule has 0 amide bonds. The lowest BCUT2D eigenvalue weighted by atomic mass is 10.1. The summed E-state index contributed by atoms with van der Waals surface area (Å²) >= 11 is 6.52. The molecule has 2 aromatic heterocycles. The van der Waals surface area contributed by atoms with Gasteiger partial charge in [-0.3, -0.25) is 0 Å². The molecule has 8 nitrogen and oxygen atoms in total. The van der Waals surface area contributed by atoms with Gasteiger partial charge < -0.3 is 19.2 Å². The molecule has 1 unspecified atom stereocenters. The summed E-state index contributed by atoms with van der Waals surface area (Å²) < 4.78 is 25.7. The first-order chi connectivity index (χ1) is 16.0. The summed E-state index contributed by atoms with van der Waals surface area (Å²) in [5.74, 6) is 0.585. The number of aliphatic hydroxyl groups is 1. The molecule has 3 aromatic rings. The molecule has 1 aliphatic heterocycles. The van der Waals surface area contributed by atoms with Crippen LogP contribution >= 0.6 is 11.6 Å². The molecule has 0 saturated heterocycles. The van der Waals surface area contributed by atoms with E-state index >= 15 is 0 Å².